The number of rotatable bonds is 3. The third kappa shape index (κ3) is 2.78. The summed E-state index contributed by atoms with van der Waals surface area (Å²) in [6, 6.07) is 1.95. The average molecular weight is 218 g/mol. The SMILES string of the molecule is COC(=O)c1nc(C=CCC#N)cnc1N. The molecule has 0 fully saturated rings. The van der Waals surface area contributed by atoms with Gasteiger partial charge in [-0.2, -0.15) is 5.26 Å². The summed E-state index contributed by atoms with van der Waals surface area (Å²) in [5.41, 5.74) is 5.89. The van der Waals surface area contributed by atoms with Crippen molar-refractivity contribution in [3.8, 4) is 6.07 Å². The van der Waals surface area contributed by atoms with E-state index in [1.54, 1.807) is 12.2 Å². The predicted octanol–water partition coefficient (Wildman–Crippen LogP) is 0.772. The number of hydrogen-bond acceptors (Lipinski definition) is 6. The zero-order chi connectivity index (χ0) is 12.0. The number of nitrogens with two attached hydrogens (primary N) is 1. The Bertz CT molecular complexity index is 462. The van der Waals surface area contributed by atoms with Crippen LogP contribution in [-0.4, -0.2) is 23.0 Å². The standard InChI is InChI=1S/C10H10N4O2/c1-16-10(15)8-9(12)13-6-7(14-8)4-2-3-5-11/h2,4,6H,3H2,1H3,(H2,12,13). The van der Waals surface area contributed by atoms with Gasteiger partial charge in [-0.3, -0.25) is 0 Å². The number of nitriles is 1. The number of allylic oxidation sites excluding steroid dienone is 1. The molecule has 0 aliphatic rings. The molecule has 0 saturated heterocycles. The summed E-state index contributed by atoms with van der Waals surface area (Å²) in [5, 5.41) is 8.34. The fourth-order valence-corrected chi connectivity index (χ4v) is 0.972. The van der Waals surface area contributed by atoms with Crippen molar-refractivity contribution in [2.75, 3.05) is 12.8 Å². The van der Waals surface area contributed by atoms with Crippen LogP contribution in [0.25, 0.3) is 6.08 Å². The van der Waals surface area contributed by atoms with Crippen LogP contribution in [-0.2, 0) is 4.74 Å². The smallest absolute Gasteiger partial charge is 0.360 e. The average Bonchev–Trinajstić information content (AvgIpc) is 2.30. The minimum Gasteiger partial charge on any atom is -0.464 e. The molecule has 1 aromatic heterocycles. The minimum atomic E-state index is -0.638. The molecular formula is C10H10N4O2. The van der Waals surface area contributed by atoms with Gasteiger partial charge in [0.25, 0.3) is 0 Å². The van der Waals surface area contributed by atoms with Crippen LogP contribution in [0.4, 0.5) is 5.82 Å². The van der Waals surface area contributed by atoms with E-state index >= 15 is 0 Å². The van der Waals surface area contributed by atoms with Crippen molar-refractivity contribution in [3.05, 3.63) is 23.7 Å². The Morgan fingerprint density at radius 3 is 3.12 bits per heavy atom. The van der Waals surface area contributed by atoms with Gasteiger partial charge in [0.15, 0.2) is 11.5 Å². The second kappa shape index (κ2) is 5.46. The molecule has 0 saturated carbocycles. The van der Waals surface area contributed by atoms with Crippen LogP contribution in [0.1, 0.15) is 22.6 Å². The van der Waals surface area contributed by atoms with Crippen LogP contribution in [0.5, 0.6) is 0 Å². The van der Waals surface area contributed by atoms with Gasteiger partial charge in [-0.15, -0.1) is 0 Å². The van der Waals surface area contributed by atoms with Gasteiger partial charge >= 0.3 is 5.97 Å². The molecule has 6 heteroatoms. The molecule has 82 valence electrons. The van der Waals surface area contributed by atoms with Crippen molar-refractivity contribution < 1.29 is 9.53 Å². The number of aromatic nitrogens is 2. The van der Waals surface area contributed by atoms with Crippen LogP contribution in [0.2, 0.25) is 0 Å². The maximum absolute atomic E-state index is 11.2. The summed E-state index contributed by atoms with van der Waals surface area (Å²) in [7, 11) is 1.24. The van der Waals surface area contributed by atoms with Crippen molar-refractivity contribution in [3.63, 3.8) is 0 Å². The van der Waals surface area contributed by atoms with E-state index < -0.39 is 5.97 Å². The van der Waals surface area contributed by atoms with Gasteiger partial charge in [0.05, 0.1) is 31.5 Å². The number of nitrogens with zero attached hydrogens (tertiary/aromatic N) is 3. The lowest BCUT2D eigenvalue weighted by atomic mass is 10.3. The Morgan fingerprint density at radius 1 is 1.75 bits per heavy atom. The number of carbonyl (C=O) groups is 1. The highest BCUT2D eigenvalue weighted by Crippen LogP contribution is 2.08. The van der Waals surface area contributed by atoms with Crippen molar-refractivity contribution in [1.82, 2.24) is 9.97 Å². The number of esters is 1. The first-order valence-electron chi connectivity index (χ1n) is 4.43. The number of anilines is 1. The highest BCUT2D eigenvalue weighted by molar-refractivity contribution is 5.91. The Balaban J connectivity index is 2.99. The molecule has 0 atom stereocenters. The lowest BCUT2D eigenvalue weighted by Gasteiger charge is -2.02. The Hall–Kier alpha value is -2.42. The minimum absolute atomic E-state index is 0.0179. The van der Waals surface area contributed by atoms with Gasteiger partial charge < -0.3 is 10.5 Å². The van der Waals surface area contributed by atoms with E-state index in [1.807, 2.05) is 6.07 Å². The third-order valence-corrected chi connectivity index (χ3v) is 1.70. The molecule has 1 heterocycles. The molecule has 2 N–H and O–H groups in total. The monoisotopic (exact) mass is 218 g/mol. The predicted molar refractivity (Wildman–Crippen MR) is 57.0 cm³/mol. The van der Waals surface area contributed by atoms with Gasteiger partial charge in [0, 0.05) is 0 Å². The van der Waals surface area contributed by atoms with Gasteiger partial charge in [0.2, 0.25) is 0 Å². The van der Waals surface area contributed by atoms with Crippen LogP contribution in [0.15, 0.2) is 12.3 Å². The lowest BCUT2D eigenvalue weighted by molar-refractivity contribution is 0.0595. The lowest BCUT2D eigenvalue weighted by Crippen LogP contribution is -2.10. The van der Waals surface area contributed by atoms with Crippen molar-refractivity contribution in [1.29, 1.82) is 5.26 Å². The largest absolute Gasteiger partial charge is 0.464 e. The number of ether oxygens (including phenoxy) is 1. The molecule has 6 nitrogen and oxygen atoms in total. The van der Waals surface area contributed by atoms with Crippen molar-refractivity contribution in [2.45, 2.75) is 6.42 Å². The first-order valence-corrected chi connectivity index (χ1v) is 4.43. The summed E-state index contributed by atoms with van der Waals surface area (Å²) in [5.74, 6) is -0.621. The van der Waals surface area contributed by atoms with E-state index in [0.29, 0.717) is 5.69 Å². The van der Waals surface area contributed by atoms with Crippen LogP contribution >= 0.6 is 0 Å². The molecule has 0 unspecified atom stereocenters. The zero-order valence-electron chi connectivity index (χ0n) is 8.67. The van der Waals surface area contributed by atoms with E-state index in [4.69, 9.17) is 11.0 Å². The fourth-order valence-electron chi connectivity index (χ4n) is 0.972. The highest BCUT2D eigenvalue weighted by Gasteiger charge is 2.12. The zero-order valence-corrected chi connectivity index (χ0v) is 8.67. The van der Waals surface area contributed by atoms with E-state index in [9.17, 15) is 4.79 Å². The summed E-state index contributed by atoms with van der Waals surface area (Å²) >= 11 is 0. The summed E-state index contributed by atoms with van der Waals surface area (Å²) in [4.78, 5) is 19.0. The van der Waals surface area contributed by atoms with E-state index in [1.165, 1.54) is 13.3 Å². The summed E-state index contributed by atoms with van der Waals surface area (Å²) in [6.45, 7) is 0. The van der Waals surface area contributed by atoms with Gasteiger partial charge in [-0.05, 0) is 6.08 Å². The number of carbonyl (C=O) groups excluding carboxylic acids is 1. The van der Waals surface area contributed by atoms with Crippen LogP contribution in [0.3, 0.4) is 0 Å². The number of nitrogen functional groups attached to an aromatic ring is 1. The second-order valence-electron chi connectivity index (χ2n) is 2.78. The molecule has 0 aliphatic heterocycles. The Kier molecular flexibility index (Phi) is 3.98. The van der Waals surface area contributed by atoms with Gasteiger partial charge in [-0.1, -0.05) is 6.08 Å². The normalized spacial score (nSPS) is 10.0. The fraction of sp³-hybridized carbons (Fsp3) is 0.200. The molecule has 16 heavy (non-hydrogen) atoms. The third-order valence-electron chi connectivity index (χ3n) is 1.70. The maximum Gasteiger partial charge on any atom is 0.360 e. The molecule has 0 radical (unpaired) electrons. The van der Waals surface area contributed by atoms with Crippen LogP contribution in [0, 0.1) is 11.3 Å². The summed E-state index contributed by atoms with van der Waals surface area (Å²) < 4.78 is 4.50. The molecule has 0 aliphatic carbocycles. The highest BCUT2D eigenvalue weighted by atomic mass is 16.5. The van der Waals surface area contributed by atoms with E-state index in [0.717, 1.165) is 0 Å². The van der Waals surface area contributed by atoms with E-state index in [2.05, 4.69) is 14.7 Å². The van der Waals surface area contributed by atoms with E-state index in [-0.39, 0.29) is 17.9 Å². The quantitative estimate of drug-likeness (QED) is 0.752. The topological polar surface area (TPSA) is 102 Å². The summed E-state index contributed by atoms with van der Waals surface area (Å²) in [6.07, 6.45) is 4.87. The van der Waals surface area contributed by atoms with Gasteiger partial charge in [0.1, 0.15) is 0 Å². The molecular weight excluding hydrogens is 208 g/mol. The first-order chi connectivity index (χ1) is 7.69. The van der Waals surface area contributed by atoms with Crippen molar-refractivity contribution in [2.24, 2.45) is 0 Å². The second-order valence-corrected chi connectivity index (χ2v) is 2.78. The molecule has 0 aromatic carbocycles. The molecule has 0 spiro atoms. The number of hydrogen-bond donors (Lipinski definition) is 1. The first kappa shape index (κ1) is 11.7. The Morgan fingerprint density at radius 2 is 2.50 bits per heavy atom. The van der Waals surface area contributed by atoms with Gasteiger partial charge in [-0.25, -0.2) is 14.8 Å². The molecule has 0 amide bonds. The molecule has 1 rings (SSSR count). The Labute approximate surface area is 92.4 Å². The maximum atomic E-state index is 11.2. The molecule has 0 bridgehead atoms. The van der Waals surface area contributed by atoms with Crippen molar-refractivity contribution >= 4 is 17.9 Å². The van der Waals surface area contributed by atoms with Crippen LogP contribution < -0.4 is 5.73 Å². The number of methoxy groups -OCH3 is 1. The molecule has 1 aromatic rings.